The van der Waals surface area contributed by atoms with Gasteiger partial charge in [0.25, 0.3) is 5.69 Å². The first kappa shape index (κ1) is 12.8. The van der Waals surface area contributed by atoms with Crippen molar-refractivity contribution in [3.8, 4) is 0 Å². The number of hydrogen-bond donors (Lipinski definition) is 1. The molecular weight excluding hydrogens is 239 g/mol. The molecule has 1 fully saturated rings. The Kier molecular flexibility index (Phi) is 3.21. The van der Waals surface area contributed by atoms with Crippen molar-refractivity contribution in [3.05, 3.63) is 34.1 Å². The van der Waals surface area contributed by atoms with Gasteiger partial charge < -0.3 is 10.0 Å². The van der Waals surface area contributed by atoms with Gasteiger partial charge in [0.15, 0.2) is 0 Å². The van der Waals surface area contributed by atoms with Crippen molar-refractivity contribution >= 4 is 11.4 Å². The van der Waals surface area contributed by atoms with Crippen LogP contribution in [0.2, 0.25) is 0 Å². The van der Waals surface area contributed by atoms with Crippen molar-refractivity contribution in [2.75, 3.05) is 18.0 Å². The standard InChI is InChI=1S/C12H15FN2O3/c1-12(16)5-2-6-14(8-12)11-7-9(13)3-4-10(11)15(17)18/h3-4,7,16H,2,5-6,8H2,1H3. The van der Waals surface area contributed by atoms with Crippen molar-refractivity contribution in [2.24, 2.45) is 0 Å². The summed E-state index contributed by atoms with van der Waals surface area (Å²) in [6.07, 6.45) is 1.37. The zero-order valence-electron chi connectivity index (χ0n) is 10.1. The van der Waals surface area contributed by atoms with E-state index >= 15 is 0 Å². The molecule has 6 heteroatoms. The zero-order chi connectivity index (χ0) is 13.3. The van der Waals surface area contributed by atoms with E-state index in [1.165, 1.54) is 0 Å². The molecule has 2 rings (SSSR count). The number of nitro benzene ring substituents is 1. The summed E-state index contributed by atoms with van der Waals surface area (Å²) < 4.78 is 13.2. The molecular formula is C12H15FN2O3. The Morgan fingerprint density at radius 3 is 2.89 bits per heavy atom. The Morgan fingerprint density at radius 2 is 2.28 bits per heavy atom. The van der Waals surface area contributed by atoms with E-state index in [4.69, 9.17) is 0 Å². The first-order chi connectivity index (χ1) is 8.39. The average Bonchev–Trinajstić information content (AvgIpc) is 2.27. The molecule has 1 aromatic rings. The summed E-state index contributed by atoms with van der Waals surface area (Å²) in [5.74, 6) is -0.513. The Hall–Kier alpha value is -1.69. The minimum Gasteiger partial charge on any atom is -0.388 e. The van der Waals surface area contributed by atoms with Gasteiger partial charge in [-0.15, -0.1) is 0 Å². The van der Waals surface area contributed by atoms with Crippen LogP contribution in [-0.4, -0.2) is 28.7 Å². The molecule has 98 valence electrons. The molecule has 1 aliphatic heterocycles. The molecule has 1 saturated heterocycles. The third kappa shape index (κ3) is 2.59. The van der Waals surface area contributed by atoms with Gasteiger partial charge in [0.1, 0.15) is 11.5 Å². The Bertz CT molecular complexity index is 476. The number of β-amino-alcohol motifs (C(OH)–C–C–N with tert-alkyl or cyclic N) is 1. The number of aliphatic hydroxyl groups is 1. The topological polar surface area (TPSA) is 66.6 Å². The first-order valence-electron chi connectivity index (χ1n) is 5.80. The van der Waals surface area contributed by atoms with Crippen molar-refractivity contribution in [3.63, 3.8) is 0 Å². The van der Waals surface area contributed by atoms with Crippen molar-refractivity contribution < 1.29 is 14.4 Å². The van der Waals surface area contributed by atoms with Gasteiger partial charge in [-0.2, -0.15) is 0 Å². The lowest BCUT2D eigenvalue weighted by atomic mass is 9.94. The number of nitrogens with zero attached hydrogens (tertiary/aromatic N) is 2. The molecule has 1 aromatic carbocycles. The van der Waals surface area contributed by atoms with Crippen LogP contribution in [0.5, 0.6) is 0 Å². The third-order valence-corrected chi connectivity index (χ3v) is 3.15. The predicted octanol–water partition coefficient (Wildman–Crippen LogP) is 2.09. The van der Waals surface area contributed by atoms with Crippen LogP contribution in [0.4, 0.5) is 15.8 Å². The van der Waals surface area contributed by atoms with Gasteiger partial charge in [-0.25, -0.2) is 4.39 Å². The number of anilines is 1. The maximum absolute atomic E-state index is 13.2. The van der Waals surface area contributed by atoms with Gasteiger partial charge >= 0.3 is 0 Å². The fraction of sp³-hybridized carbons (Fsp3) is 0.500. The van der Waals surface area contributed by atoms with E-state index in [9.17, 15) is 19.6 Å². The first-order valence-corrected chi connectivity index (χ1v) is 5.80. The molecule has 0 saturated carbocycles. The molecule has 0 amide bonds. The maximum atomic E-state index is 13.2. The molecule has 1 atom stereocenters. The summed E-state index contributed by atoms with van der Waals surface area (Å²) in [5.41, 5.74) is -0.785. The Labute approximate surface area is 104 Å². The third-order valence-electron chi connectivity index (χ3n) is 3.15. The zero-order valence-corrected chi connectivity index (χ0v) is 10.1. The second-order valence-corrected chi connectivity index (χ2v) is 4.91. The number of nitro groups is 1. The summed E-state index contributed by atoms with van der Waals surface area (Å²) in [5, 5.41) is 20.9. The van der Waals surface area contributed by atoms with Gasteiger partial charge in [0, 0.05) is 25.2 Å². The highest BCUT2D eigenvalue weighted by Crippen LogP contribution is 2.33. The predicted molar refractivity (Wildman–Crippen MR) is 65.1 cm³/mol. The summed E-state index contributed by atoms with van der Waals surface area (Å²) in [7, 11) is 0. The maximum Gasteiger partial charge on any atom is 0.292 e. The van der Waals surface area contributed by atoms with E-state index in [0.717, 1.165) is 24.6 Å². The molecule has 1 unspecified atom stereocenters. The molecule has 18 heavy (non-hydrogen) atoms. The van der Waals surface area contributed by atoms with Crippen LogP contribution in [0.15, 0.2) is 18.2 Å². The quantitative estimate of drug-likeness (QED) is 0.648. The molecule has 0 aliphatic carbocycles. The molecule has 0 aromatic heterocycles. The van der Waals surface area contributed by atoms with Crippen LogP contribution in [0.3, 0.4) is 0 Å². The number of hydrogen-bond acceptors (Lipinski definition) is 4. The van der Waals surface area contributed by atoms with Crippen molar-refractivity contribution in [1.29, 1.82) is 0 Å². The van der Waals surface area contributed by atoms with Crippen molar-refractivity contribution in [2.45, 2.75) is 25.4 Å². The molecule has 0 bridgehead atoms. The molecule has 0 spiro atoms. The second kappa shape index (κ2) is 4.53. The fourth-order valence-electron chi connectivity index (χ4n) is 2.33. The molecule has 0 radical (unpaired) electrons. The molecule has 5 nitrogen and oxygen atoms in total. The van der Waals surface area contributed by atoms with E-state index in [1.807, 2.05) is 0 Å². The minimum absolute atomic E-state index is 0.130. The van der Waals surface area contributed by atoms with Crippen LogP contribution in [-0.2, 0) is 0 Å². The van der Waals surface area contributed by atoms with E-state index in [-0.39, 0.29) is 17.9 Å². The normalized spacial score (nSPS) is 24.1. The summed E-state index contributed by atoms with van der Waals surface area (Å²) in [4.78, 5) is 12.1. The summed E-state index contributed by atoms with van der Waals surface area (Å²) in [6, 6.07) is 3.39. The Morgan fingerprint density at radius 1 is 1.56 bits per heavy atom. The Balaban J connectivity index is 2.37. The van der Waals surface area contributed by atoms with Gasteiger partial charge in [-0.05, 0) is 25.8 Å². The van der Waals surface area contributed by atoms with E-state index < -0.39 is 16.3 Å². The fourth-order valence-corrected chi connectivity index (χ4v) is 2.33. The largest absolute Gasteiger partial charge is 0.388 e. The highest BCUT2D eigenvalue weighted by Gasteiger charge is 2.31. The number of piperidine rings is 1. The average molecular weight is 254 g/mol. The van der Waals surface area contributed by atoms with Gasteiger partial charge in [0.2, 0.25) is 0 Å². The van der Waals surface area contributed by atoms with Crippen LogP contribution in [0.25, 0.3) is 0 Å². The second-order valence-electron chi connectivity index (χ2n) is 4.91. The number of rotatable bonds is 2. The number of halogens is 1. The van der Waals surface area contributed by atoms with Gasteiger partial charge in [-0.3, -0.25) is 10.1 Å². The van der Waals surface area contributed by atoms with E-state index in [2.05, 4.69) is 0 Å². The van der Waals surface area contributed by atoms with Crippen LogP contribution < -0.4 is 4.90 Å². The summed E-state index contributed by atoms with van der Waals surface area (Å²) >= 11 is 0. The molecule has 1 heterocycles. The van der Waals surface area contributed by atoms with E-state index in [0.29, 0.717) is 13.0 Å². The highest BCUT2D eigenvalue weighted by molar-refractivity contribution is 5.63. The molecule has 1 aliphatic rings. The van der Waals surface area contributed by atoms with Gasteiger partial charge in [0.05, 0.1) is 10.5 Å². The van der Waals surface area contributed by atoms with Crippen molar-refractivity contribution in [1.82, 2.24) is 0 Å². The lowest BCUT2D eigenvalue weighted by molar-refractivity contribution is -0.384. The smallest absolute Gasteiger partial charge is 0.292 e. The van der Waals surface area contributed by atoms with Crippen LogP contribution in [0.1, 0.15) is 19.8 Å². The lowest BCUT2D eigenvalue weighted by Gasteiger charge is -2.37. The van der Waals surface area contributed by atoms with Crippen LogP contribution in [0, 0.1) is 15.9 Å². The summed E-state index contributed by atoms with van der Waals surface area (Å²) in [6.45, 7) is 2.54. The lowest BCUT2D eigenvalue weighted by Crippen LogP contribution is -2.46. The highest BCUT2D eigenvalue weighted by atomic mass is 19.1. The monoisotopic (exact) mass is 254 g/mol. The SMILES string of the molecule is CC1(O)CCCN(c2cc(F)ccc2[N+](=O)[O-])C1. The molecule has 1 N–H and O–H groups in total. The van der Waals surface area contributed by atoms with Crippen LogP contribution >= 0.6 is 0 Å². The number of benzene rings is 1. The minimum atomic E-state index is -0.890. The van der Waals surface area contributed by atoms with E-state index in [1.54, 1.807) is 11.8 Å². The van der Waals surface area contributed by atoms with Gasteiger partial charge in [-0.1, -0.05) is 0 Å².